The topological polar surface area (TPSA) is 74.8 Å². The van der Waals surface area contributed by atoms with Crippen molar-refractivity contribution in [3.8, 4) is 0 Å². The summed E-state index contributed by atoms with van der Waals surface area (Å²) in [4.78, 5) is 33.0. The van der Waals surface area contributed by atoms with Crippen molar-refractivity contribution in [2.24, 2.45) is 0 Å². The van der Waals surface area contributed by atoms with Crippen LogP contribution in [0.25, 0.3) is 0 Å². The Morgan fingerprint density at radius 3 is 2.88 bits per heavy atom. The first-order valence-electron chi connectivity index (χ1n) is 8.51. The molecule has 0 unspecified atom stereocenters. The summed E-state index contributed by atoms with van der Waals surface area (Å²) < 4.78 is 5.30. The molecule has 2 aliphatic rings. The minimum Gasteiger partial charge on any atom is -0.378 e. The lowest BCUT2D eigenvalue weighted by Gasteiger charge is -2.39. The van der Waals surface area contributed by atoms with Crippen LogP contribution in [0.1, 0.15) is 12.0 Å². The van der Waals surface area contributed by atoms with Gasteiger partial charge in [-0.3, -0.25) is 14.6 Å². The van der Waals surface area contributed by atoms with E-state index in [-0.39, 0.29) is 11.8 Å². The highest BCUT2D eigenvalue weighted by atomic mass is 16.5. The van der Waals surface area contributed by atoms with E-state index in [4.69, 9.17) is 4.74 Å². The van der Waals surface area contributed by atoms with Gasteiger partial charge in [-0.25, -0.2) is 0 Å². The Bertz CT molecular complexity index is 560. The summed E-state index contributed by atoms with van der Waals surface area (Å²) >= 11 is 0. The van der Waals surface area contributed by atoms with Crippen molar-refractivity contribution in [2.75, 3.05) is 45.9 Å². The first-order valence-corrected chi connectivity index (χ1v) is 8.51. The molecule has 2 amide bonds. The van der Waals surface area contributed by atoms with Gasteiger partial charge >= 0.3 is 0 Å². The first kappa shape index (κ1) is 16.9. The van der Waals surface area contributed by atoms with E-state index < -0.39 is 6.04 Å². The number of hydrogen-bond donors (Lipinski definition) is 1. The van der Waals surface area contributed by atoms with Gasteiger partial charge in [0.1, 0.15) is 6.04 Å². The lowest BCUT2D eigenvalue weighted by atomic mass is 10.1. The Morgan fingerprint density at radius 2 is 2.12 bits per heavy atom. The van der Waals surface area contributed by atoms with Crippen molar-refractivity contribution in [3.63, 3.8) is 0 Å². The number of piperazine rings is 1. The maximum absolute atomic E-state index is 12.8. The van der Waals surface area contributed by atoms with Crippen LogP contribution in [0.15, 0.2) is 24.5 Å². The number of aromatic nitrogens is 1. The molecule has 1 aromatic rings. The van der Waals surface area contributed by atoms with E-state index in [0.717, 1.165) is 12.1 Å². The molecule has 1 aromatic heterocycles. The fraction of sp³-hybridized carbons (Fsp3) is 0.588. The third-order valence-corrected chi connectivity index (χ3v) is 4.52. The maximum Gasteiger partial charge on any atom is 0.246 e. The summed E-state index contributed by atoms with van der Waals surface area (Å²) in [5.74, 6) is 0.0622. The first-order chi connectivity index (χ1) is 11.8. The molecule has 7 heteroatoms. The van der Waals surface area contributed by atoms with Crippen LogP contribution in [0.4, 0.5) is 0 Å². The zero-order valence-electron chi connectivity index (χ0n) is 13.8. The molecular formula is C17H24N4O3. The summed E-state index contributed by atoms with van der Waals surface area (Å²) in [6, 6.07) is 3.43. The molecule has 1 N–H and O–H groups in total. The van der Waals surface area contributed by atoms with Crippen molar-refractivity contribution in [3.05, 3.63) is 30.1 Å². The van der Waals surface area contributed by atoms with Gasteiger partial charge in [0.05, 0.1) is 13.2 Å². The van der Waals surface area contributed by atoms with Crippen LogP contribution in [-0.2, 0) is 20.7 Å². The van der Waals surface area contributed by atoms with Gasteiger partial charge in [0.25, 0.3) is 0 Å². The molecule has 130 valence electrons. The second kappa shape index (κ2) is 8.21. The highest BCUT2D eigenvalue weighted by molar-refractivity contribution is 5.88. The molecule has 0 aromatic carbocycles. The molecule has 0 bridgehead atoms. The minimum atomic E-state index is -0.404. The van der Waals surface area contributed by atoms with E-state index >= 15 is 0 Å². The van der Waals surface area contributed by atoms with Crippen molar-refractivity contribution in [1.29, 1.82) is 0 Å². The maximum atomic E-state index is 12.8. The van der Waals surface area contributed by atoms with Gasteiger partial charge in [0, 0.05) is 51.5 Å². The van der Waals surface area contributed by atoms with Gasteiger partial charge in [-0.05, 0) is 18.1 Å². The van der Waals surface area contributed by atoms with Crippen LogP contribution in [-0.4, -0.2) is 78.6 Å². The molecule has 3 rings (SSSR count). The normalized spacial score (nSPS) is 21.6. The van der Waals surface area contributed by atoms with Crippen molar-refractivity contribution < 1.29 is 14.3 Å². The number of carbonyl (C=O) groups is 2. The van der Waals surface area contributed by atoms with Gasteiger partial charge in [-0.2, -0.15) is 0 Å². The molecule has 2 fully saturated rings. The van der Waals surface area contributed by atoms with E-state index in [9.17, 15) is 9.59 Å². The lowest BCUT2D eigenvalue weighted by molar-refractivity contribution is -0.149. The van der Waals surface area contributed by atoms with Gasteiger partial charge in [0.15, 0.2) is 0 Å². The third-order valence-electron chi connectivity index (χ3n) is 4.52. The van der Waals surface area contributed by atoms with Crippen LogP contribution >= 0.6 is 0 Å². The highest BCUT2D eigenvalue weighted by Crippen LogP contribution is 2.12. The second-order valence-electron chi connectivity index (χ2n) is 6.11. The Kier molecular flexibility index (Phi) is 5.77. The number of ether oxygens (including phenoxy) is 1. The standard InChI is InChI=1S/C17H24N4O3/c22-16(4-3-14-2-1-5-18-12-14)21-7-6-19-13-15(21)17(23)20-8-10-24-11-9-20/h1-2,5,12,15,19H,3-4,6-11,13H2/t15-/m0/s1. The Morgan fingerprint density at radius 1 is 1.29 bits per heavy atom. The molecule has 7 nitrogen and oxygen atoms in total. The van der Waals surface area contributed by atoms with E-state index in [1.165, 1.54) is 0 Å². The summed E-state index contributed by atoms with van der Waals surface area (Å²) in [6.45, 7) is 4.18. The van der Waals surface area contributed by atoms with Crippen LogP contribution in [0.3, 0.4) is 0 Å². The number of morpholine rings is 1. The number of pyridine rings is 1. The van der Waals surface area contributed by atoms with Crippen molar-refractivity contribution in [2.45, 2.75) is 18.9 Å². The molecule has 0 radical (unpaired) electrons. The zero-order valence-corrected chi connectivity index (χ0v) is 13.8. The second-order valence-corrected chi connectivity index (χ2v) is 6.11. The van der Waals surface area contributed by atoms with E-state index in [1.54, 1.807) is 17.3 Å². The monoisotopic (exact) mass is 332 g/mol. The molecule has 3 heterocycles. The molecule has 0 saturated carbocycles. The van der Waals surface area contributed by atoms with Crippen molar-refractivity contribution >= 4 is 11.8 Å². The number of rotatable bonds is 4. The molecule has 2 aliphatic heterocycles. The van der Waals surface area contributed by atoms with Gasteiger partial charge in [0.2, 0.25) is 11.8 Å². The van der Waals surface area contributed by atoms with Crippen LogP contribution in [0.5, 0.6) is 0 Å². The minimum absolute atomic E-state index is 0.0280. The predicted octanol–water partition coefficient (Wildman–Crippen LogP) is -0.327. The van der Waals surface area contributed by atoms with E-state index in [1.807, 2.05) is 17.0 Å². The number of amides is 2. The third kappa shape index (κ3) is 4.10. The number of nitrogens with one attached hydrogen (secondary N) is 1. The van der Waals surface area contributed by atoms with Crippen LogP contribution < -0.4 is 5.32 Å². The average molecular weight is 332 g/mol. The van der Waals surface area contributed by atoms with E-state index in [0.29, 0.717) is 52.2 Å². The highest BCUT2D eigenvalue weighted by Gasteiger charge is 2.34. The predicted molar refractivity (Wildman–Crippen MR) is 88.3 cm³/mol. The lowest BCUT2D eigenvalue weighted by Crippen LogP contribution is -2.61. The Balaban J connectivity index is 1.60. The number of hydrogen-bond acceptors (Lipinski definition) is 5. The van der Waals surface area contributed by atoms with Crippen LogP contribution in [0.2, 0.25) is 0 Å². The van der Waals surface area contributed by atoms with Gasteiger partial charge in [-0.15, -0.1) is 0 Å². The Hall–Kier alpha value is -1.99. The number of carbonyl (C=O) groups excluding carboxylic acids is 2. The summed E-state index contributed by atoms with van der Waals surface area (Å²) in [6.07, 6.45) is 4.55. The summed E-state index contributed by atoms with van der Waals surface area (Å²) in [5.41, 5.74) is 1.04. The molecule has 0 aliphatic carbocycles. The number of nitrogens with zero attached hydrogens (tertiary/aromatic N) is 3. The fourth-order valence-corrected chi connectivity index (χ4v) is 3.16. The molecule has 2 saturated heterocycles. The summed E-state index contributed by atoms with van der Waals surface area (Å²) in [5, 5.41) is 3.23. The van der Waals surface area contributed by atoms with Gasteiger partial charge < -0.3 is 19.9 Å². The average Bonchev–Trinajstić information content (AvgIpc) is 2.67. The van der Waals surface area contributed by atoms with E-state index in [2.05, 4.69) is 10.3 Å². The summed E-state index contributed by atoms with van der Waals surface area (Å²) in [7, 11) is 0. The SMILES string of the molecule is O=C([C@@H]1CNCCN1C(=O)CCc1cccnc1)N1CCOCC1. The molecule has 1 atom stereocenters. The fourth-order valence-electron chi connectivity index (χ4n) is 3.16. The smallest absolute Gasteiger partial charge is 0.246 e. The quantitative estimate of drug-likeness (QED) is 0.817. The molecule has 24 heavy (non-hydrogen) atoms. The van der Waals surface area contributed by atoms with Crippen LogP contribution in [0, 0.1) is 0 Å². The molecule has 0 spiro atoms. The Labute approximate surface area is 142 Å². The number of aryl methyl sites for hydroxylation is 1. The van der Waals surface area contributed by atoms with Gasteiger partial charge in [-0.1, -0.05) is 6.07 Å². The largest absolute Gasteiger partial charge is 0.378 e. The zero-order chi connectivity index (χ0) is 16.8. The van der Waals surface area contributed by atoms with Crippen molar-refractivity contribution in [1.82, 2.24) is 20.1 Å². The molecular weight excluding hydrogens is 308 g/mol.